The Morgan fingerprint density at radius 2 is 2.05 bits per heavy atom. The van der Waals surface area contributed by atoms with Gasteiger partial charge >= 0.3 is 0 Å². The minimum atomic E-state index is 0.147. The highest BCUT2D eigenvalue weighted by molar-refractivity contribution is 6.42. The summed E-state index contributed by atoms with van der Waals surface area (Å²) in [7, 11) is 0. The number of halogens is 2. The van der Waals surface area contributed by atoms with Gasteiger partial charge in [0.25, 0.3) is 0 Å². The molecule has 1 saturated heterocycles. The minimum absolute atomic E-state index is 0.147. The molecule has 0 bridgehead atoms. The Morgan fingerprint density at radius 3 is 2.80 bits per heavy atom. The molecule has 0 aromatic heterocycles. The van der Waals surface area contributed by atoms with Crippen LogP contribution in [-0.4, -0.2) is 43.7 Å². The molecule has 110 valence electrons. The van der Waals surface area contributed by atoms with Gasteiger partial charge in [0.05, 0.1) is 24.8 Å². The maximum absolute atomic E-state index is 11.9. The smallest absolute Gasteiger partial charge is 0.222 e. The van der Waals surface area contributed by atoms with Gasteiger partial charge in [0, 0.05) is 19.5 Å². The summed E-state index contributed by atoms with van der Waals surface area (Å²) in [4.78, 5) is 13.7. The van der Waals surface area contributed by atoms with Gasteiger partial charge in [-0.1, -0.05) is 29.3 Å². The van der Waals surface area contributed by atoms with E-state index in [-0.39, 0.29) is 5.91 Å². The molecule has 1 aromatic carbocycles. The lowest BCUT2D eigenvalue weighted by Gasteiger charge is -2.26. The molecule has 0 N–H and O–H groups in total. The molecule has 0 unspecified atom stereocenters. The van der Waals surface area contributed by atoms with Crippen LogP contribution in [0.2, 0.25) is 10.0 Å². The van der Waals surface area contributed by atoms with E-state index in [0.717, 1.165) is 0 Å². The summed E-state index contributed by atoms with van der Waals surface area (Å²) < 4.78 is 10.8. The van der Waals surface area contributed by atoms with Crippen LogP contribution in [0.1, 0.15) is 12.8 Å². The van der Waals surface area contributed by atoms with Crippen LogP contribution in [0, 0.1) is 0 Å². The van der Waals surface area contributed by atoms with Gasteiger partial charge in [0.1, 0.15) is 10.8 Å². The van der Waals surface area contributed by atoms with Crippen LogP contribution in [0.25, 0.3) is 0 Å². The molecule has 0 aliphatic carbocycles. The van der Waals surface area contributed by atoms with E-state index in [9.17, 15) is 4.79 Å². The van der Waals surface area contributed by atoms with Crippen LogP contribution in [-0.2, 0) is 9.53 Å². The van der Waals surface area contributed by atoms with Crippen LogP contribution in [0.3, 0.4) is 0 Å². The third-order valence-electron chi connectivity index (χ3n) is 3.07. The molecule has 0 atom stereocenters. The second kappa shape index (κ2) is 7.72. The molecule has 1 aliphatic heterocycles. The topological polar surface area (TPSA) is 38.8 Å². The summed E-state index contributed by atoms with van der Waals surface area (Å²) in [5, 5.41) is 0.877. The van der Waals surface area contributed by atoms with Crippen molar-refractivity contribution >= 4 is 29.1 Å². The predicted octanol–water partition coefficient (Wildman–Crippen LogP) is 3.01. The van der Waals surface area contributed by atoms with Crippen LogP contribution in [0.15, 0.2) is 18.2 Å². The molecule has 1 fully saturated rings. The van der Waals surface area contributed by atoms with Crippen molar-refractivity contribution in [1.82, 2.24) is 4.90 Å². The molecule has 0 saturated carbocycles. The van der Waals surface area contributed by atoms with Crippen molar-refractivity contribution in [3.63, 3.8) is 0 Å². The van der Waals surface area contributed by atoms with Gasteiger partial charge in [0.15, 0.2) is 0 Å². The standard InChI is InChI=1S/C14H17Cl2NO3/c15-11-3-1-4-12(14(11)16)20-8-2-5-13(18)17-6-9-19-10-7-17/h1,3-4H,2,5-10H2. The van der Waals surface area contributed by atoms with Gasteiger partial charge in [-0.05, 0) is 18.6 Å². The summed E-state index contributed by atoms with van der Waals surface area (Å²) in [6, 6.07) is 5.25. The van der Waals surface area contributed by atoms with E-state index >= 15 is 0 Å². The third-order valence-corrected chi connectivity index (χ3v) is 3.87. The zero-order valence-electron chi connectivity index (χ0n) is 11.1. The highest BCUT2D eigenvalue weighted by atomic mass is 35.5. The SMILES string of the molecule is O=C(CCCOc1cccc(Cl)c1Cl)N1CCOCC1. The molecule has 2 rings (SSSR count). The molecule has 20 heavy (non-hydrogen) atoms. The molecule has 4 nitrogen and oxygen atoms in total. The Kier molecular flexibility index (Phi) is 5.95. The largest absolute Gasteiger partial charge is 0.492 e. The molecule has 6 heteroatoms. The van der Waals surface area contributed by atoms with Crippen molar-refractivity contribution < 1.29 is 14.3 Å². The van der Waals surface area contributed by atoms with E-state index in [1.807, 2.05) is 4.90 Å². The number of morpholine rings is 1. The highest BCUT2D eigenvalue weighted by Gasteiger charge is 2.16. The molecule has 1 heterocycles. The predicted molar refractivity (Wildman–Crippen MR) is 78.6 cm³/mol. The first-order chi connectivity index (χ1) is 9.68. The lowest BCUT2D eigenvalue weighted by atomic mass is 10.2. The summed E-state index contributed by atoms with van der Waals surface area (Å²) in [6.07, 6.45) is 1.12. The Labute approximate surface area is 128 Å². The number of hydrogen-bond donors (Lipinski definition) is 0. The van der Waals surface area contributed by atoms with Crippen LogP contribution in [0.5, 0.6) is 5.75 Å². The highest BCUT2D eigenvalue weighted by Crippen LogP contribution is 2.31. The molecular weight excluding hydrogens is 301 g/mol. The molecule has 1 aliphatic rings. The zero-order chi connectivity index (χ0) is 14.4. The number of benzene rings is 1. The summed E-state index contributed by atoms with van der Waals surface area (Å²) >= 11 is 11.9. The maximum Gasteiger partial charge on any atom is 0.222 e. The first-order valence-electron chi connectivity index (χ1n) is 6.61. The van der Waals surface area contributed by atoms with E-state index in [2.05, 4.69) is 0 Å². The molecule has 0 radical (unpaired) electrons. The number of amides is 1. The number of hydrogen-bond acceptors (Lipinski definition) is 3. The number of rotatable bonds is 5. The van der Waals surface area contributed by atoms with Crippen molar-refractivity contribution in [2.45, 2.75) is 12.8 Å². The van der Waals surface area contributed by atoms with Gasteiger partial charge in [-0.2, -0.15) is 0 Å². The Bertz CT molecular complexity index is 462. The molecule has 0 spiro atoms. The quantitative estimate of drug-likeness (QED) is 0.784. The van der Waals surface area contributed by atoms with Gasteiger partial charge in [-0.15, -0.1) is 0 Å². The number of carbonyl (C=O) groups excluding carboxylic acids is 1. The Hall–Kier alpha value is -0.970. The van der Waals surface area contributed by atoms with Crippen molar-refractivity contribution in [3.05, 3.63) is 28.2 Å². The fourth-order valence-electron chi connectivity index (χ4n) is 1.97. The average molecular weight is 318 g/mol. The number of nitrogens with zero attached hydrogens (tertiary/aromatic N) is 1. The first-order valence-corrected chi connectivity index (χ1v) is 7.36. The van der Waals surface area contributed by atoms with E-state index in [1.54, 1.807) is 18.2 Å². The van der Waals surface area contributed by atoms with Crippen molar-refractivity contribution in [2.24, 2.45) is 0 Å². The maximum atomic E-state index is 11.9. The van der Waals surface area contributed by atoms with Gasteiger partial charge in [0.2, 0.25) is 5.91 Å². The Balaban J connectivity index is 1.70. The second-order valence-corrected chi connectivity index (χ2v) is 5.28. The molecule has 1 amide bonds. The number of carbonyl (C=O) groups is 1. The normalized spacial score (nSPS) is 15.2. The summed E-state index contributed by atoms with van der Waals surface area (Å²) in [5.41, 5.74) is 0. The van der Waals surface area contributed by atoms with Crippen LogP contribution >= 0.6 is 23.2 Å². The minimum Gasteiger partial charge on any atom is -0.492 e. The van der Waals surface area contributed by atoms with E-state index in [0.29, 0.717) is 61.5 Å². The Morgan fingerprint density at radius 1 is 1.30 bits per heavy atom. The molecular formula is C14H17Cl2NO3. The lowest BCUT2D eigenvalue weighted by molar-refractivity contribution is -0.135. The summed E-state index contributed by atoms with van der Waals surface area (Å²) in [6.45, 7) is 3.05. The monoisotopic (exact) mass is 317 g/mol. The summed E-state index contributed by atoms with van der Waals surface area (Å²) in [5.74, 6) is 0.701. The van der Waals surface area contributed by atoms with Crippen molar-refractivity contribution in [3.8, 4) is 5.75 Å². The average Bonchev–Trinajstić information content (AvgIpc) is 2.48. The van der Waals surface area contributed by atoms with E-state index < -0.39 is 0 Å². The zero-order valence-corrected chi connectivity index (χ0v) is 12.6. The number of ether oxygens (including phenoxy) is 2. The van der Waals surface area contributed by atoms with Gasteiger partial charge in [-0.25, -0.2) is 0 Å². The lowest BCUT2D eigenvalue weighted by Crippen LogP contribution is -2.40. The first kappa shape index (κ1) is 15.4. The van der Waals surface area contributed by atoms with Crippen LogP contribution < -0.4 is 4.74 Å². The van der Waals surface area contributed by atoms with E-state index in [4.69, 9.17) is 32.7 Å². The van der Waals surface area contributed by atoms with Crippen LogP contribution in [0.4, 0.5) is 0 Å². The van der Waals surface area contributed by atoms with Crippen molar-refractivity contribution in [1.29, 1.82) is 0 Å². The molecule has 1 aromatic rings. The van der Waals surface area contributed by atoms with Gasteiger partial charge < -0.3 is 14.4 Å². The fourth-order valence-corrected chi connectivity index (χ4v) is 2.32. The second-order valence-electron chi connectivity index (χ2n) is 4.50. The van der Waals surface area contributed by atoms with Crippen molar-refractivity contribution in [2.75, 3.05) is 32.9 Å². The third kappa shape index (κ3) is 4.27. The van der Waals surface area contributed by atoms with E-state index in [1.165, 1.54) is 0 Å². The van der Waals surface area contributed by atoms with Gasteiger partial charge in [-0.3, -0.25) is 4.79 Å². The fraction of sp³-hybridized carbons (Fsp3) is 0.500.